The van der Waals surface area contributed by atoms with Crippen molar-refractivity contribution in [2.24, 2.45) is 5.73 Å². The standard InChI is InChI=1S/C6H11F2NO2/c1-3-6(9,4(7)8)5(10)11-2/h4H,3,9H2,1-2H3. The molecule has 0 saturated heterocycles. The largest absolute Gasteiger partial charge is 0.467 e. The Morgan fingerprint density at radius 3 is 2.27 bits per heavy atom. The lowest BCUT2D eigenvalue weighted by atomic mass is 9.99. The number of alkyl halides is 2. The molecule has 1 atom stereocenters. The maximum atomic E-state index is 12.1. The quantitative estimate of drug-likeness (QED) is 0.624. The first-order valence-corrected chi connectivity index (χ1v) is 3.14. The molecule has 0 radical (unpaired) electrons. The molecule has 0 bridgehead atoms. The predicted octanol–water partition coefficient (Wildman–Crippen LogP) is 0.532. The molecule has 3 nitrogen and oxygen atoms in total. The van der Waals surface area contributed by atoms with Crippen molar-refractivity contribution in [2.45, 2.75) is 25.3 Å². The lowest BCUT2D eigenvalue weighted by Gasteiger charge is -2.23. The van der Waals surface area contributed by atoms with Crippen LogP contribution in [0.5, 0.6) is 0 Å². The second-order valence-electron chi connectivity index (χ2n) is 2.19. The fourth-order valence-corrected chi connectivity index (χ4v) is 0.578. The minimum atomic E-state index is -2.89. The molecule has 11 heavy (non-hydrogen) atoms. The van der Waals surface area contributed by atoms with Gasteiger partial charge in [-0.05, 0) is 6.42 Å². The molecule has 0 aliphatic heterocycles. The Morgan fingerprint density at radius 1 is 1.73 bits per heavy atom. The van der Waals surface area contributed by atoms with Gasteiger partial charge in [-0.15, -0.1) is 0 Å². The van der Waals surface area contributed by atoms with E-state index in [4.69, 9.17) is 5.73 Å². The fraction of sp³-hybridized carbons (Fsp3) is 0.833. The van der Waals surface area contributed by atoms with Crippen LogP contribution in [0.4, 0.5) is 8.78 Å². The van der Waals surface area contributed by atoms with Crippen molar-refractivity contribution in [3.63, 3.8) is 0 Å². The van der Waals surface area contributed by atoms with E-state index in [-0.39, 0.29) is 6.42 Å². The molecule has 0 aliphatic carbocycles. The van der Waals surface area contributed by atoms with E-state index in [1.165, 1.54) is 6.92 Å². The number of halogens is 2. The number of hydrogen-bond acceptors (Lipinski definition) is 3. The third-order valence-corrected chi connectivity index (χ3v) is 1.54. The molecule has 2 N–H and O–H groups in total. The summed E-state index contributed by atoms with van der Waals surface area (Å²) in [4.78, 5) is 10.7. The van der Waals surface area contributed by atoms with Crippen LogP contribution in [-0.4, -0.2) is 25.0 Å². The van der Waals surface area contributed by atoms with E-state index in [2.05, 4.69) is 4.74 Å². The van der Waals surface area contributed by atoms with Gasteiger partial charge in [0.25, 0.3) is 6.43 Å². The maximum absolute atomic E-state index is 12.1. The SMILES string of the molecule is CCC(N)(C(=O)OC)C(F)F. The second kappa shape index (κ2) is 3.61. The Hall–Kier alpha value is -0.710. The van der Waals surface area contributed by atoms with Gasteiger partial charge in [0.15, 0.2) is 5.54 Å². The lowest BCUT2D eigenvalue weighted by molar-refractivity contribution is -0.153. The molecule has 5 heteroatoms. The zero-order chi connectivity index (χ0) is 9.07. The Morgan fingerprint density at radius 2 is 2.18 bits per heavy atom. The first-order valence-electron chi connectivity index (χ1n) is 3.14. The molecule has 0 rings (SSSR count). The van der Waals surface area contributed by atoms with Gasteiger partial charge >= 0.3 is 5.97 Å². The minimum absolute atomic E-state index is 0.142. The Bertz CT molecular complexity index is 152. The van der Waals surface area contributed by atoms with Gasteiger partial charge in [-0.25, -0.2) is 13.6 Å². The molecule has 0 saturated carbocycles. The highest BCUT2D eigenvalue weighted by Gasteiger charge is 2.42. The molecule has 0 aromatic rings. The van der Waals surface area contributed by atoms with Crippen molar-refractivity contribution in [3.8, 4) is 0 Å². The van der Waals surface area contributed by atoms with Crippen LogP contribution in [0.25, 0.3) is 0 Å². The van der Waals surface area contributed by atoms with Crippen LogP contribution >= 0.6 is 0 Å². The molecule has 66 valence electrons. The van der Waals surface area contributed by atoms with Gasteiger partial charge < -0.3 is 10.5 Å². The average Bonchev–Trinajstić information content (AvgIpc) is 2.01. The van der Waals surface area contributed by atoms with Crippen molar-refractivity contribution < 1.29 is 18.3 Å². The van der Waals surface area contributed by atoms with Gasteiger partial charge in [-0.3, -0.25) is 0 Å². The summed E-state index contributed by atoms with van der Waals surface area (Å²) in [6.45, 7) is 1.41. The zero-order valence-corrected chi connectivity index (χ0v) is 6.43. The van der Waals surface area contributed by atoms with Crippen molar-refractivity contribution in [1.82, 2.24) is 0 Å². The van der Waals surface area contributed by atoms with Gasteiger partial charge in [0.2, 0.25) is 0 Å². The van der Waals surface area contributed by atoms with Gasteiger partial charge in [-0.2, -0.15) is 0 Å². The minimum Gasteiger partial charge on any atom is -0.467 e. The molecule has 0 spiro atoms. The first-order chi connectivity index (χ1) is 4.99. The van der Waals surface area contributed by atoms with Crippen molar-refractivity contribution >= 4 is 5.97 Å². The van der Waals surface area contributed by atoms with Gasteiger partial charge in [0.05, 0.1) is 7.11 Å². The van der Waals surface area contributed by atoms with E-state index in [0.29, 0.717) is 0 Å². The van der Waals surface area contributed by atoms with E-state index >= 15 is 0 Å². The summed E-state index contributed by atoms with van der Waals surface area (Å²) < 4.78 is 28.3. The van der Waals surface area contributed by atoms with Crippen LogP contribution in [0.3, 0.4) is 0 Å². The number of rotatable bonds is 3. The molecule has 0 aliphatic rings. The van der Waals surface area contributed by atoms with Crippen molar-refractivity contribution in [1.29, 1.82) is 0 Å². The molecule has 0 amide bonds. The molecule has 1 unspecified atom stereocenters. The molecule has 0 fully saturated rings. The number of esters is 1. The first kappa shape index (κ1) is 10.3. The number of carbonyl (C=O) groups is 1. The Labute approximate surface area is 63.5 Å². The van der Waals surface area contributed by atoms with E-state index in [1.54, 1.807) is 0 Å². The highest BCUT2D eigenvalue weighted by atomic mass is 19.3. The molecule has 0 aromatic heterocycles. The van der Waals surface area contributed by atoms with Crippen LogP contribution in [0.2, 0.25) is 0 Å². The summed E-state index contributed by atoms with van der Waals surface area (Å²) >= 11 is 0. The lowest BCUT2D eigenvalue weighted by Crippen LogP contribution is -2.54. The van der Waals surface area contributed by atoms with Crippen LogP contribution in [0.1, 0.15) is 13.3 Å². The van der Waals surface area contributed by atoms with Crippen LogP contribution in [0.15, 0.2) is 0 Å². The monoisotopic (exact) mass is 167 g/mol. The second-order valence-corrected chi connectivity index (χ2v) is 2.19. The molecule has 0 heterocycles. The summed E-state index contributed by atoms with van der Waals surface area (Å²) in [5, 5.41) is 0. The van der Waals surface area contributed by atoms with Crippen molar-refractivity contribution in [2.75, 3.05) is 7.11 Å². The average molecular weight is 167 g/mol. The summed E-state index contributed by atoms with van der Waals surface area (Å²) in [5.41, 5.74) is 2.93. The number of hydrogen-bond donors (Lipinski definition) is 1. The normalized spacial score (nSPS) is 16.2. The summed E-state index contributed by atoms with van der Waals surface area (Å²) in [5.74, 6) is -1.07. The van der Waals surface area contributed by atoms with Crippen LogP contribution < -0.4 is 5.73 Å². The van der Waals surface area contributed by atoms with E-state index in [9.17, 15) is 13.6 Å². The highest BCUT2D eigenvalue weighted by Crippen LogP contribution is 2.17. The van der Waals surface area contributed by atoms with E-state index in [0.717, 1.165) is 7.11 Å². The van der Waals surface area contributed by atoms with Gasteiger partial charge in [0.1, 0.15) is 0 Å². The number of nitrogens with two attached hydrogens (primary N) is 1. The van der Waals surface area contributed by atoms with Crippen LogP contribution in [0, 0.1) is 0 Å². The summed E-state index contributed by atoms with van der Waals surface area (Å²) in [6.07, 6.45) is -3.03. The molecular weight excluding hydrogens is 156 g/mol. The topological polar surface area (TPSA) is 52.3 Å². The summed E-state index contributed by atoms with van der Waals surface area (Å²) in [6, 6.07) is 0. The predicted molar refractivity (Wildman–Crippen MR) is 35.2 cm³/mol. The molecule has 0 aromatic carbocycles. The summed E-state index contributed by atoms with van der Waals surface area (Å²) in [7, 11) is 1.03. The third kappa shape index (κ3) is 1.86. The Kier molecular flexibility index (Phi) is 3.38. The van der Waals surface area contributed by atoms with Crippen molar-refractivity contribution in [3.05, 3.63) is 0 Å². The smallest absolute Gasteiger partial charge is 0.331 e. The Balaban J connectivity index is 4.45. The molecular formula is C6H11F2NO2. The number of ether oxygens (including phenoxy) is 1. The number of methoxy groups -OCH3 is 1. The van der Waals surface area contributed by atoms with E-state index < -0.39 is 17.9 Å². The maximum Gasteiger partial charge on any atom is 0.331 e. The fourth-order valence-electron chi connectivity index (χ4n) is 0.578. The number of carbonyl (C=O) groups excluding carboxylic acids is 1. The van der Waals surface area contributed by atoms with Gasteiger partial charge in [-0.1, -0.05) is 6.92 Å². The van der Waals surface area contributed by atoms with Gasteiger partial charge in [0, 0.05) is 0 Å². The van der Waals surface area contributed by atoms with Crippen LogP contribution in [-0.2, 0) is 9.53 Å². The zero-order valence-electron chi connectivity index (χ0n) is 6.43. The third-order valence-electron chi connectivity index (χ3n) is 1.54. The van der Waals surface area contributed by atoms with E-state index in [1.807, 2.05) is 0 Å². The highest BCUT2D eigenvalue weighted by molar-refractivity contribution is 5.80.